The molecular formula is C21H26N2O. The summed E-state index contributed by atoms with van der Waals surface area (Å²) in [6.07, 6.45) is 2.01. The Morgan fingerprint density at radius 2 is 1.79 bits per heavy atom. The summed E-state index contributed by atoms with van der Waals surface area (Å²) in [6.45, 7) is 8.03. The van der Waals surface area contributed by atoms with Crippen molar-refractivity contribution in [3.8, 4) is 0 Å². The molecule has 24 heavy (non-hydrogen) atoms. The van der Waals surface area contributed by atoms with E-state index in [1.54, 1.807) is 0 Å². The summed E-state index contributed by atoms with van der Waals surface area (Å²) in [4.78, 5) is 15.1. The molecule has 0 radical (unpaired) electrons. The van der Waals surface area contributed by atoms with E-state index in [0.717, 1.165) is 42.7 Å². The third-order valence-corrected chi connectivity index (χ3v) is 4.82. The van der Waals surface area contributed by atoms with Gasteiger partial charge in [0.1, 0.15) is 0 Å². The summed E-state index contributed by atoms with van der Waals surface area (Å²) in [6, 6.07) is 14.6. The monoisotopic (exact) mass is 322 g/mol. The molecule has 2 aromatic rings. The van der Waals surface area contributed by atoms with E-state index >= 15 is 0 Å². The van der Waals surface area contributed by atoms with Gasteiger partial charge in [-0.3, -0.25) is 9.69 Å². The quantitative estimate of drug-likeness (QED) is 0.914. The van der Waals surface area contributed by atoms with Crippen molar-refractivity contribution in [2.24, 2.45) is 0 Å². The SMILES string of the molecule is Cc1cc(C)c(NC(=O)C2CCCN2Cc2ccccc2)c(C)c1. The van der Waals surface area contributed by atoms with Crippen LogP contribution in [0.4, 0.5) is 5.69 Å². The first-order valence-corrected chi connectivity index (χ1v) is 8.71. The molecule has 1 unspecified atom stereocenters. The minimum Gasteiger partial charge on any atom is -0.324 e. The molecule has 1 amide bonds. The minimum atomic E-state index is -0.0368. The molecule has 1 saturated heterocycles. The highest BCUT2D eigenvalue weighted by Gasteiger charge is 2.31. The van der Waals surface area contributed by atoms with Gasteiger partial charge >= 0.3 is 0 Å². The molecule has 0 spiro atoms. The topological polar surface area (TPSA) is 32.3 Å². The zero-order chi connectivity index (χ0) is 17.1. The number of hydrogen-bond acceptors (Lipinski definition) is 2. The summed E-state index contributed by atoms with van der Waals surface area (Å²) in [7, 11) is 0. The molecule has 3 rings (SSSR count). The fourth-order valence-corrected chi connectivity index (χ4v) is 3.71. The van der Waals surface area contributed by atoms with Crippen LogP contribution >= 0.6 is 0 Å². The van der Waals surface area contributed by atoms with E-state index < -0.39 is 0 Å². The molecule has 3 nitrogen and oxygen atoms in total. The first-order valence-electron chi connectivity index (χ1n) is 8.71. The molecule has 0 aromatic heterocycles. The molecule has 0 bridgehead atoms. The number of rotatable bonds is 4. The predicted octanol–water partition coefficient (Wildman–Crippen LogP) is 4.21. The molecule has 0 saturated carbocycles. The van der Waals surface area contributed by atoms with Crippen molar-refractivity contribution in [3.63, 3.8) is 0 Å². The average Bonchev–Trinajstić information content (AvgIpc) is 3.00. The summed E-state index contributed by atoms with van der Waals surface area (Å²) in [5, 5.41) is 3.18. The van der Waals surface area contributed by atoms with Gasteiger partial charge in [0.05, 0.1) is 6.04 Å². The fraction of sp³-hybridized carbons (Fsp3) is 0.381. The molecule has 3 heteroatoms. The normalized spacial score (nSPS) is 17.9. The number of nitrogens with zero attached hydrogens (tertiary/aromatic N) is 1. The maximum atomic E-state index is 12.9. The summed E-state index contributed by atoms with van der Waals surface area (Å²) < 4.78 is 0. The van der Waals surface area contributed by atoms with Crippen LogP contribution in [0.1, 0.15) is 35.1 Å². The van der Waals surface area contributed by atoms with Crippen LogP contribution in [-0.2, 0) is 11.3 Å². The van der Waals surface area contributed by atoms with Gasteiger partial charge < -0.3 is 5.32 Å². The van der Waals surface area contributed by atoms with E-state index in [1.807, 2.05) is 6.07 Å². The second-order valence-corrected chi connectivity index (χ2v) is 6.88. The third-order valence-electron chi connectivity index (χ3n) is 4.82. The summed E-state index contributed by atoms with van der Waals surface area (Å²) >= 11 is 0. The summed E-state index contributed by atoms with van der Waals surface area (Å²) in [5.74, 6) is 0.124. The number of aryl methyl sites for hydroxylation is 3. The first kappa shape index (κ1) is 16.7. The van der Waals surface area contributed by atoms with Crippen molar-refractivity contribution in [3.05, 3.63) is 64.7 Å². The number of nitrogens with one attached hydrogen (secondary N) is 1. The molecule has 2 aromatic carbocycles. The zero-order valence-corrected chi connectivity index (χ0v) is 14.8. The van der Waals surface area contributed by atoms with Gasteiger partial charge in [-0.1, -0.05) is 48.0 Å². The largest absolute Gasteiger partial charge is 0.324 e. The van der Waals surface area contributed by atoms with Crippen LogP contribution in [0.25, 0.3) is 0 Å². The van der Waals surface area contributed by atoms with Crippen molar-refractivity contribution in [1.29, 1.82) is 0 Å². The van der Waals surface area contributed by atoms with Crippen molar-refractivity contribution in [2.75, 3.05) is 11.9 Å². The van der Waals surface area contributed by atoms with Gasteiger partial charge in [-0.2, -0.15) is 0 Å². The molecule has 0 aliphatic carbocycles. The number of hydrogen-bond donors (Lipinski definition) is 1. The van der Waals surface area contributed by atoms with Crippen LogP contribution < -0.4 is 5.32 Å². The van der Waals surface area contributed by atoms with Gasteiger partial charge in [0, 0.05) is 12.2 Å². The maximum absolute atomic E-state index is 12.9. The lowest BCUT2D eigenvalue weighted by Crippen LogP contribution is -2.39. The second kappa shape index (κ2) is 7.18. The number of carbonyl (C=O) groups is 1. The van der Waals surface area contributed by atoms with Gasteiger partial charge in [-0.05, 0) is 56.8 Å². The highest BCUT2D eigenvalue weighted by Crippen LogP contribution is 2.25. The van der Waals surface area contributed by atoms with E-state index in [9.17, 15) is 4.79 Å². The smallest absolute Gasteiger partial charge is 0.241 e. The van der Waals surface area contributed by atoms with Crippen molar-refractivity contribution >= 4 is 11.6 Å². The van der Waals surface area contributed by atoms with Crippen LogP contribution in [0.5, 0.6) is 0 Å². The Labute approximate surface area is 144 Å². The Kier molecular flexibility index (Phi) is 5.00. The predicted molar refractivity (Wildman–Crippen MR) is 99.2 cm³/mol. The Balaban J connectivity index is 1.72. The molecule has 1 fully saturated rings. The molecule has 126 valence electrons. The van der Waals surface area contributed by atoms with Crippen molar-refractivity contribution < 1.29 is 4.79 Å². The lowest BCUT2D eigenvalue weighted by Gasteiger charge is -2.24. The zero-order valence-electron chi connectivity index (χ0n) is 14.8. The molecule has 1 atom stereocenters. The van der Waals surface area contributed by atoms with E-state index in [1.165, 1.54) is 11.1 Å². The molecular weight excluding hydrogens is 296 g/mol. The average molecular weight is 322 g/mol. The number of anilines is 1. The number of likely N-dealkylation sites (tertiary alicyclic amines) is 1. The van der Waals surface area contributed by atoms with E-state index in [-0.39, 0.29) is 11.9 Å². The Morgan fingerprint density at radius 1 is 1.12 bits per heavy atom. The standard InChI is InChI=1S/C21H26N2O/c1-15-12-16(2)20(17(3)13-15)22-21(24)19-10-7-11-23(19)14-18-8-5-4-6-9-18/h4-6,8-9,12-13,19H,7,10-11,14H2,1-3H3,(H,22,24). The Hall–Kier alpha value is -2.13. The van der Waals surface area contributed by atoms with Gasteiger partial charge in [0.2, 0.25) is 5.91 Å². The van der Waals surface area contributed by atoms with E-state index in [0.29, 0.717) is 0 Å². The van der Waals surface area contributed by atoms with Gasteiger partial charge in [-0.15, -0.1) is 0 Å². The van der Waals surface area contributed by atoms with Crippen LogP contribution in [0.15, 0.2) is 42.5 Å². The van der Waals surface area contributed by atoms with E-state index in [4.69, 9.17) is 0 Å². The van der Waals surface area contributed by atoms with E-state index in [2.05, 4.69) is 67.4 Å². The third kappa shape index (κ3) is 3.68. The molecule has 1 heterocycles. The summed E-state index contributed by atoms with van der Waals surface area (Å²) in [5.41, 5.74) is 5.73. The number of carbonyl (C=O) groups excluding carboxylic acids is 1. The molecule has 1 aliphatic heterocycles. The number of benzene rings is 2. The minimum absolute atomic E-state index is 0.0368. The molecule has 1 N–H and O–H groups in total. The van der Waals surface area contributed by atoms with Crippen molar-refractivity contribution in [1.82, 2.24) is 4.90 Å². The maximum Gasteiger partial charge on any atom is 0.241 e. The Bertz CT molecular complexity index is 701. The van der Waals surface area contributed by atoms with Crippen LogP contribution in [0, 0.1) is 20.8 Å². The first-order chi connectivity index (χ1) is 11.5. The fourth-order valence-electron chi connectivity index (χ4n) is 3.71. The lowest BCUT2D eigenvalue weighted by atomic mass is 10.0. The highest BCUT2D eigenvalue weighted by molar-refractivity contribution is 5.96. The van der Waals surface area contributed by atoms with Crippen LogP contribution in [0.3, 0.4) is 0 Å². The van der Waals surface area contributed by atoms with Crippen LogP contribution in [-0.4, -0.2) is 23.4 Å². The van der Waals surface area contributed by atoms with Crippen LogP contribution in [0.2, 0.25) is 0 Å². The lowest BCUT2D eigenvalue weighted by molar-refractivity contribution is -0.120. The number of amides is 1. The van der Waals surface area contributed by atoms with Gasteiger partial charge in [0.15, 0.2) is 0 Å². The van der Waals surface area contributed by atoms with Gasteiger partial charge in [0.25, 0.3) is 0 Å². The molecule has 1 aliphatic rings. The Morgan fingerprint density at radius 3 is 2.46 bits per heavy atom. The van der Waals surface area contributed by atoms with Crippen molar-refractivity contribution in [2.45, 2.75) is 46.2 Å². The van der Waals surface area contributed by atoms with Gasteiger partial charge in [-0.25, -0.2) is 0 Å². The highest BCUT2D eigenvalue weighted by atomic mass is 16.2. The second-order valence-electron chi connectivity index (χ2n) is 6.88.